The number of rotatable bonds is 10. The lowest BCUT2D eigenvalue weighted by molar-refractivity contribution is 0.257. The van der Waals surface area contributed by atoms with Crippen molar-refractivity contribution in [1.82, 2.24) is 0 Å². The van der Waals surface area contributed by atoms with Gasteiger partial charge in [-0.1, -0.05) is 65.0 Å². The monoisotopic (exact) mass is 346 g/mol. The molecule has 120 valence electrons. The molecule has 0 unspecified atom stereocenters. The molecule has 1 rings (SSSR count). The van der Waals surface area contributed by atoms with Gasteiger partial charge in [0.05, 0.1) is 6.61 Å². The van der Waals surface area contributed by atoms with Crippen LogP contribution in [0.2, 0.25) is 6.04 Å². The van der Waals surface area contributed by atoms with Crippen LogP contribution in [0.5, 0.6) is 5.75 Å². The van der Waals surface area contributed by atoms with Crippen molar-refractivity contribution in [2.75, 3.05) is 6.61 Å². The van der Waals surface area contributed by atoms with Gasteiger partial charge in [0.1, 0.15) is 5.75 Å². The van der Waals surface area contributed by atoms with Gasteiger partial charge in [-0.05, 0) is 29.3 Å². The zero-order valence-electron chi connectivity index (χ0n) is 13.5. The summed E-state index contributed by atoms with van der Waals surface area (Å²) in [5.74, 6) is 1.45. The largest absolute Gasteiger partial charge is 0.493 e. The molecule has 1 atom stereocenters. The summed E-state index contributed by atoms with van der Waals surface area (Å²) >= 11 is 13.3. The van der Waals surface area contributed by atoms with E-state index in [0.717, 1.165) is 36.4 Å². The van der Waals surface area contributed by atoms with E-state index in [1.165, 1.54) is 19.3 Å². The van der Waals surface area contributed by atoms with Crippen LogP contribution in [0.15, 0.2) is 24.3 Å². The fourth-order valence-electron chi connectivity index (χ4n) is 2.09. The van der Waals surface area contributed by atoms with E-state index in [1.807, 2.05) is 24.3 Å². The van der Waals surface area contributed by atoms with Crippen LogP contribution in [-0.2, 0) is 0 Å². The molecule has 0 spiro atoms. The minimum Gasteiger partial charge on any atom is -0.493 e. The molecule has 1 aromatic carbocycles. The van der Waals surface area contributed by atoms with Crippen molar-refractivity contribution in [3.05, 3.63) is 24.3 Å². The van der Waals surface area contributed by atoms with E-state index in [4.69, 9.17) is 26.9 Å². The molecular formula is C17H28Cl2OSi. The van der Waals surface area contributed by atoms with Crippen LogP contribution < -0.4 is 9.92 Å². The average molecular weight is 347 g/mol. The average Bonchev–Trinajstić information content (AvgIpc) is 2.49. The molecule has 1 aromatic rings. The maximum atomic E-state index is 6.65. The SMILES string of the molecule is CCCCCC[Si](Cl)(Cl)c1cccc(OC[C@@H](C)CC)c1. The molecule has 0 fully saturated rings. The second-order valence-electron chi connectivity index (χ2n) is 5.87. The molecule has 21 heavy (non-hydrogen) atoms. The van der Waals surface area contributed by atoms with Crippen molar-refractivity contribution < 1.29 is 4.74 Å². The van der Waals surface area contributed by atoms with E-state index >= 15 is 0 Å². The zero-order valence-corrected chi connectivity index (χ0v) is 16.0. The van der Waals surface area contributed by atoms with Crippen molar-refractivity contribution in [2.24, 2.45) is 5.92 Å². The van der Waals surface area contributed by atoms with E-state index < -0.39 is 6.69 Å². The highest BCUT2D eigenvalue weighted by atomic mass is 35.7. The van der Waals surface area contributed by atoms with Crippen LogP contribution in [0.1, 0.15) is 52.9 Å². The van der Waals surface area contributed by atoms with Gasteiger partial charge in [0.25, 0.3) is 6.69 Å². The highest BCUT2D eigenvalue weighted by molar-refractivity contribution is 7.51. The molecule has 0 saturated carbocycles. The summed E-state index contributed by atoms with van der Waals surface area (Å²) < 4.78 is 5.84. The Morgan fingerprint density at radius 2 is 1.90 bits per heavy atom. The van der Waals surface area contributed by atoms with Crippen molar-refractivity contribution in [2.45, 2.75) is 58.9 Å². The molecule has 0 aromatic heterocycles. The Morgan fingerprint density at radius 3 is 2.57 bits per heavy atom. The lowest BCUT2D eigenvalue weighted by Crippen LogP contribution is -2.36. The minimum atomic E-state index is -2.36. The van der Waals surface area contributed by atoms with Gasteiger partial charge in [-0.3, -0.25) is 0 Å². The van der Waals surface area contributed by atoms with Gasteiger partial charge < -0.3 is 4.74 Å². The number of halogens is 2. The van der Waals surface area contributed by atoms with E-state index in [0.29, 0.717) is 5.92 Å². The number of ether oxygens (including phenoxy) is 1. The van der Waals surface area contributed by atoms with E-state index in [9.17, 15) is 0 Å². The van der Waals surface area contributed by atoms with E-state index in [2.05, 4.69) is 20.8 Å². The molecule has 0 aliphatic rings. The Balaban J connectivity index is 2.60. The Morgan fingerprint density at radius 1 is 1.14 bits per heavy atom. The summed E-state index contributed by atoms with van der Waals surface area (Å²) in [5, 5.41) is 1.07. The lowest BCUT2D eigenvalue weighted by atomic mass is 10.1. The Labute approximate surface area is 140 Å². The number of hydrogen-bond acceptors (Lipinski definition) is 1. The number of hydrogen-bond donors (Lipinski definition) is 0. The van der Waals surface area contributed by atoms with Gasteiger partial charge in [0, 0.05) is 0 Å². The van der Waals surface area contributed by atoms with E-state index in [1.54, 1.807) is 0 Å². The highest BCUT2D eigenvalue weighted by Crippen LogP contribution is 2.25. The van der Waals surface area contributed by atoms with Gasteiger partial charge in [0.15, 0.2) is 0 Å². The quantitative estimate of drug-likeness (QED) is 0.294. The third-order valence-electron chi connectivity index (χ3n) is 3.83. The molecular weight excluding hydrogens is 319 g/mol. The van der Waals surface area contributed by atoms with Gasteiger partial charge in [0.2, 0.25) is 0 Å². The highest BCUT2D eigenvalue weighted by Gasteiger charge is 2.30. The lowest BCUT2D eigenvalue weighted by Gasteiger charge is -2.18. The minimum absolute atomic E-state index is 0.566. The van der Waals surface area contributed by atoms with Crippen molar-refractivity contribution in [1.29, 1.82) is 0 Å². The Kier molecular flexibility index (Phi) is 8.76. The first-order chi connectivity index (χ1) is 9.99. The first kappa shape index (κ1) is 18.9. The molecule has 0 bridgehead atoms. The molecule has 0 aliphatic heterocycles. The molecule has 0 aliphatic carbocycles. The fraction of sp³-hybridized carbons (Fsp3) is 0.647. The first-order valence-corrected chi connectivity index (χ1v) is 12.3. The summed E-state index contributed by atoms with van der Waals surface area (Å²) in [6.45, 7) is 4.97. The normalized spacial score (nSPS) is 13.2. The van der Waals surface area contributed by atoms with Crippen molar-refractivity contribution in [3.8, 4) is 5.75 Å². The fourth-order valence-corrected chi connectivity index (χ4v) is 5.27. The topological polar surface area (TPSA) is 9.23 Å². The molecule has 0 heterocycles. The second kappa shape index (κ2) is 9.76. The third kappa shape index (κ3) is 7.08. The van der Waals surface area contributed by atoms with Gasteiger partial charge >= 0.3 is 0 Å². The van der Waals surface area contributed by atoms with Crippen LogP contribution >= 0.6 is 22.2 Å². The number of benzene rings is 1. The smallest absolute Gasteiger partial charge is 0.280 e. The van der Waals surface area contributed by atoms with Crippen LogP contribution in [0, 0.1) is 5.92 Å². The maximum absolute atomic E-state index is 6.65. The van der Waals surface area contributed by atoms with E-state index in [-0.39, 0.29) is 0 Å². The van der Waals surface area contributed by atoms with Crippen LogP contribution in [0.4, 0.5) is 0 Å². The summed E-state index contributed by atoms with van der Waals surface area (Å²) in [5.41, 5.74) is 0. The third-order valence-corrected chi connectivity index (χ3v) is 8.41. The van der Waals surface area contributed by atoms with Gasteiger partial charge in [-0.15, -0.1) is 22.2 Å². The standard InChI is InChI=1S/C17H28Cl2OSi/c1-4-6-7-8-12-21(18,19)17-11-9-10-16(13-17)20-14-15(3)5-2/h9-11,13,15H,4-8,12,14H2,1-3H3/t15-/m0/s1. The second-order valence-corrected chi connectivity index (χ2v) is 12.8. The Bertz CT molecular complexity index is 410. The molecule has 0 saturated heterocycles. The summed E-state index contributed by atoms with van der Waals surface area (Å²) in [7, 11) is 0. The first-order valence-electron chi connectivity index (χ1n) is 8.10. The van der Waals surface area contributed by atoms with Crippen LogP contribution in [0.25, 0.3) is 0 Å². The predicted octanol–water partition coefficient (Wildman–Crippen LogP) is 5.82. The summed E-state index contributed by atoms with van der Waals surface area (Å²) in [6, 6.07) is 8.99. The summed E-state index contributed by atoms with van der Waals surface area (Å²) in [6.07, 6.45) is 5.95. The van der Waals surface area contributed by atoms with Crippen molar-refractivity contribution >= 4 is 34.0 Å². The van der Waals surface area contributed by atoms with Crippen molar-refractivity contribution in [3.63, 3.8) is 0 Å². The zero-order chi connectivity index (χ0) is 15.7. The Hall–Kier alpha value is -0.183. The maximum Gasteiger partial charge on any atom is 0.280 e. The van der Waals surface area contributed by atoms with Gasteiger partial charge in [-0.2, -0.15) is 0 Å². The van der Waals surface area contributed by atoms with Crippen LogP contribution in [-0.4, -0.2) is 13.3 Å². The molecule has 0 N–H and O–H groups in total. The predicted molar refractivity (Wildman–Crippen MR) is 97.4 cm³/mol. The molecule has 4 heteroatoms. The van der Waals surface area contributed by atoms with Gasteiger partial charge in [-0.25, -0.2) is 0 Å². The molecule has 1 nitrogen and oxygen atoms in total. The molecule has 0 amide bonds. The summed E-state index contributed by atoms with van der Waals surface area (Å²) in [4.78, 5) is 0. The number of unbranched alkanes of at least 4 members (excludes halogenated alkanes) is 3. The van der Waals surface area contributed by atoms with Crippen LogP contribution in [0.3, 0.4) is 0 Å². The molecule has 0 radical (unpaired) electrons.